The van der Waals surface area contributed by atoms with E-state index in [1.165, 1.54) is 24.3 Å². The number of hydrogen-bond donors (Lipinski definition) is 1. The van der Waals surface area contributed by atoms with Crippen molar-refractivity contribution in [1.29, 1.82) is 0 Å². The van der Waals surface area contributed by atoms with Gasteiger partial charge in [-0.2, -0.15) is 0 Å². The predicted octanol–water partition coefficient (Wildman–Crippen LogP) is 3.58. The number of hydrogen-bond acceptors (Lipinski definition) is 1. The van der Waals surface area contributed by atoms with Gasteiger partial charge in [-0.1, -0.05) is 12.1 Å². The summed E-state index contributed by atoms with van der Waals surface area (Å²) in [5, 5.41) is 2.91. The molecule has 0 bridgehead atoms. The highest BCUT2D eigenvalue weighted by Crippen LogP contribution is 2.11. The molecule has 0 aliphatic carbocycles. The number of benzene rings is 2. The van der Waals surface area contributed by atoms with Gasteiger partial charge in [-0.25, -0.2) is 17.6 Å². The molecule has 5 heteroatoms. The van der Waals surface area contributed by atoms with E-state index in [0.717, 1.165) is 12.1 Å². The summed E-state index contributed by atoms with van der Waals surface area (Å²) in [5.74, 6) is -3.03. The van der Waals surface area contributed by atoms with E-state index in [2.05, 4.69) is 5.32 Å². The molecule has 0 aromatic heterocycles. The summed E-state index contributed by atoms with van der Waals surface area (Å²) in [5.41, 5.74) is 0.727. The van der Waals surface area contributed by atoms with Crippen molar-refractivity contribution in [1.82, 2.24) is 5.32 Å². The van der Waals surface area contributed by atoms with Crippen molar-refractivity contribution >= 4 is 0 Å². The minimum Gasteiger partial charge on any atom is -0.312 e. The molecule has 0 heterocycles. The van der Waals surface area contributed by atoms with Crippen LogP contribution >= 0.6 is 0 Å². The van der Waals surface area contributed by atoms with Crippen LogP contribution in [0.2, 0.25) is 0 Å². The highest BCUT2D eigenvalue weighted by atomic mass is 19.2. The van der Waals surface area contributed by atoms with Crippen molar-refractivity contribution in [2.75, 3.05) is 6.54 Å². The Morgan fingerprint density at radius 3 is 2.30 bits per heavy atom. The van der Waals surface area contributed by atoms with E-state index in [1.807, 2.05) is 0 Å². The van der Waals surface area contributed by atoms with E-state index in [1.54, 1.807) is 0 Å². The first-order valence-corrected chi connectivity index (χ1v) is 6.15. The molecule has 0 saturated carbocycles. The topological polar surface area (TPSA) is 12.0 Å². The van der Waals surface area contributed by atoms with Gasteiger partial charge in [0.15, 0.2) is 11.6 Å². The van der Waals surface area contributed by atoms with Crippen molar-refractivity contribution in [3.05, 3.63) is 70.8 Å². The van der Waals surface area contributed by atoms with Crippen molar-refractivity contribution in [3.8, 4) is 0 Å². The second-order valence-corrected chi connectivity index (χ2v) is 4.42. The van der Waals surface area contributed by atoms with Gasteiger partial charge in [0.1, 0.15) is 11.6 Å². The van der Waals surface area contributed by atoms with E-state index < -0.39 is 23.3 Å². The Bertz CT molecular complexity index is 578. The third kappa shape index (κ3) is 3.81. The van der Waals surface area contributed by atoms with Gasteiger partial charge in [0, 0.05) is 18.2 Å². The quantitative estimate of drug-likeness (QED) is 0.653. The fourth-order valence-electron chi connectivity index (χ4n) is 1.90. The lowest BCUT2D eigenvalue weighted by Gasteiger charge is -2.07. The minimum absolute atomic E-state index is 0.154. The Labute approximate surface area is 114 Å². The van der Waals surface area contributed by atoms with Gasteiger partial charge >= 0.3 is 0 Å². The second kappa shape index (κ2) is 6.52. The predicted molar refractivity (Wildman–Crippen MR) is 68.1 cm³/mol. The van der Waals surface area contributed by atoms with Crippen LogP contribution in [0.15, 0.2) is 36.4 Å². The fourth-order valence-corrected chi connectivity index (χ4v) is 1.90. The molecule has 2 aromatic rings. The van der Waals surface area contributed by atoms with Crippen LogP contribution in [-0.4, -0.2) is 6.54 Å². The smallest absolute Gasteiger partial charge is 0.163 e. The van der Waals surface area contributed by atoms with E-state index in [0.29, 0.717) is 18.5 Å². The van der Waals surface area contributed by atoms with E-state index in [-0.39, 0.29) is 12.1 Å². The Hall–Kier alpha value is -1.88. The van der Waals surface area contributed by atoms with Crippen molar-refractivity contribution in [2.45, 2.75) is 13.0 Å². The number of nitrogens with one attached hydrogen (secondary N) is 1. The average Bonchev–Trinajstić information content (AvgIpc) is 2.38. The molecule has 2 aromatic carbocycles. The molecule has 0 saturated heterocycles. The fraction of sp³-hybridized carbons (Fsp3) is 0.200. The Morgan fingerprint density at radius 1 is 0.900 bits per heavy atom. The summed E-state index contributed by atoms with van der Waals surface area (Å²) >= 11 is 0. The number of rotatable bonds is 5. The van der Waals surface area contributed by atoms with Crippen LogP contribution in [0.3, 0.4) is 0 Å². The van der Waals surface area contributed by atoms with Gasteiger partial charge in [0.05, 0.1) is 0 Å². The third-order valence-electron chi connectivity index (χ3n) is 2.86. The van der Waals surface area contributed by atoms with Crippen LogP contribution in [0.25, 0.3) is 0 Å². The molecular formula is C15H13F4N. The molecule has 0 fully saturated rings. The first-order valence-electron chi connectivity index (χ1n) is 6.15. The van der Waals surface area contributed by atoms with Crippen molar-refractivity contribution in [2.24, 2.45) is 0 Å². The Balaban J connectivity index is 1.86. The molecule has 0 aliphatic heterocycles. The molecule has 0 radical (unpaired) electrons. The zero-order chi connectivity index (χ0) is 14.5. The van der Waals surface area contributed by atoms with Crippen LogP contribution in [0.5, 0.6) is 0 Å². The molecule has 0 spiro atoms. The zero-order valence-electron chi connectivity index (χ0n) is 10.6. The lowest BCUT2D eigenvalue weighted by molar-refractivity contribution is 0.493. The molecule has 1 nitrogen and oxygen atoms in total. The second-order valence-electron chi connectivity index (χ2n) is 4.42. The first kappa shape index (κ1) is 14.5. The minimum atomic E-state index is -0.892. The summed E-state index contributed by atoms with van der Waals surface area (Å²) in [4.78, 5) is 0. The zero-order valence-corrected chi connectivity index (χ0v) is 10.6. The summed E-state index contributed by atoms with van der Waals surface area (Å²) in [7, 11) is 0. The van der Waals surface area contributed by atoms with E-state index >= 15 is 0 Å². The van der Waals surface area contributed by atoms with Gasteiger partial charge in [0.25, 0.3) is 0 Å². The van der Waals surface area contributed by atoms with Crippen molar-refractivity contribution in [3.63, 3.8) is 0 Å². The lowest BCUT2D eigenvalue weighted by Crippen LogP contribution is -2.18. The highest BCUT2D eigenvalue weighted by Gasteiger charge is 2.06. The van der Waals surface area contributed by atoms with Crippen LogP contribution in [0, 0.1) is 23.3 Å². The SMILES string of the molecule is Fc1cc(F)cc(CCNCc2cccc(F)c2F)c1. The van der Waals surface area contributed by atoms with Gasteiger partial charge < -0.3 is 5.32 Å². The van der Waals surface area contributed by atoms with E-state index in [9.17, 15) is 17.6 Å². The largest absolute Gasteiger partial charge is 0.312 e. The number of halogens is 4. The third-order valence-corrected chi connectivity index (χ3v) is 2.86. The summed E-state index contributed by atoms with van der Waals surface area (Å²) in [6.45, 7) is 0.556. The monoisotopic (exact) mass is 283 g/mol. The molecule has 1 N–H and O–H groups in total. The average molecular weight is 283 g/mol. The maximum absolute atomic E-state index is 13.3. The molecule has 0 atom stereocenters. The van der Waals surface area contributed by atoms with Crippen LogP contribution in [0.1, 0.15) is 11.1 Å². The molecule has 0 unspecified atom stereocenters. The summed E-state index contributed by atoms with van der Waals surface area (Å²) in [6, 6.07) is 7.25. The molecule has 106 valence electrons. The molecular weight excluding hydrogens is 270 g/mol. The van der Waals surface area contributed by atoms with Gasteiger partial charge in [-0.15, -0.1) is 0 Å². The Kier molecular flexibility index (Phi) is 4.74. The molecule has 2 rings (SSSR count). The van der Waals surface area contributed by atoms with Gasteiger partial charge in [-0.05, 0) is 36.7 Å². The maximum atomic E-state index is 13.3. The van der Waals surface area contributed by atoms with Crippen LogP contribution in [0.4, 0.5) is 17.6 Å². The van der Waals surface area contributed by atoms with Crippen LogP contribution < -0.4 is 5.32 Å². The van der Waals surface area contributed by atoms with Gasteiger partial charge in [-0.3, -0.25) is 0 Å². The molecule has 0 aliphatic rings. The van der Waals surface area contributed by atoms with Crippen LogP contribution in [-0.2, 0) is 13.0 Å². The lowest BCUT2D eigenvalue weighted by atomic mass is 10.1. The van der Waals surface area contributed by atoms with Gasteiger partial charge in [0.2, 0.25) is 0 Å². The maximum Gasteiger partial charge on any atom is 0.163 e. The Morgan fingerprint density at radius 2 is 1.60 bits per heavy atom. The van der Waals surface area contributed by atoms with Crippen molar-refractivity contribution < 1.29 is 17.6 Å². The summed E-state index contributed by atoms with van der Waals surface area (Å²) in [6.07, 6.45) is 0.394. The first-order chi connectivity index (χ1) is 9.56. The normalized spacial score (nSPS) is 10.8. The standard InChI is InChI=1S/C15H13F4N/c16-12-6-10(7-13(17)8-12)4-5-20-9-11-2-1-3-14(18)15(11)19/h1-3,6-8,20H,4-5,9H2. The van der Waals surface area contributed by atoms with E-state index in [4.69, 9.17) is 0 Å². The molecule has 0 amide bonds. The highest BCUT2D eigenvalue weighted by molar-refractivity contribution is 5.19. The molecule has 20 heavy (non-hydrogen) atoms. The summed E-state index contributed by atoms with van der Waals surface area (Å²) < 4.78 is 52.2.